The zero-order valence-electron chi connectivity index (χ0n) is 12.8. The van der Waals surface area contributed by atoms with Crippen molar-refractivity contribution in [1.82, 2.24) is 10.2 Å². The van der Waals surface area contributed by atoms with Gasteiger partial charge < -0.3 is 10.1 Å². The van der Waals surface area contributed by atoms with Crippen LogP contribution in [0.2, 0.25) is 0 Å². The van der Waals surface area contributed by atoms with Crippen LogP contribution in [0.4, 0.5) is 9.52 Å². The number of hydrogen-bond acceptors (Lipinski definition) is 5. The number of rotatable bonds is 4. The first-order valence-electron chi connectivity index (χ1n) is 7.48. The summed E-state index contributed by atoms with van der Waals surface area (Å²) in [5.41, 5.74) is 0.550. The zero-order chi connectivity index (χ0) is 15.6. The summed E-state index contributed by atoms with van der Waals surface area (Å²) in [4.78, 5) is 0. The molecule has 3 rings (SSSR count). The van der Waals surface area contributed by atoms with Gasteiger partial charge in [0.1, 0.15) is 10.8 Å². The van der Waals surface area contributed by atoms with Gasteiger partial charge in [-0.2, -0.15) is 0 Å². The molecule has 0 aliphatic carbocycles. The summed E-state index contributed by atoms with van der Waals surface area (Å²) in [5.74, 6) is -0.196. The fourth-order valence-electron chi connectivity index (χ4n) is 2.72. The molecule has 0 amide bonds. The van der Waals surface area contributed by atoms with E-state index in [9.17, 15) is 4.39 Å². The van der Waals surface area contributed by atoms with Crippen LogP contribution in [-0.2, 0) is 11.2 Å². The molecule has 1 fully saturated rings. The Hall–Kier alpha value is -1.53. The first-order chi connectivity index (χ1) is 10.5. The molecule has 1 saturated heterocycles. The molecular formula is C16H20FN3OS. The Labute approximate surface area is 133 Å². The average molecular weight is 321 g/mol. The topological polar surface area (TPSA) is 47.0 Å². The number of halogens is 1. The maximum absolute atomic E-state index is 13.7. The van der Waals surface area contributed by atoms with E-state index in [-0.39, 0.29) is 11.4 Å². The maximum Gasteiger partial charge on any atom is 0.205 e. The summed E-state index contributed by atoms with van der Waals surface area (Å²) in [5, 5.41) is 13.4. The Morgan fingerprint density at radius 2 is 2.18 bits per heavy atom. The van der Waals surface area contributed by atoms with Gasteiger partial charge in [0.15, 0.2) is 0 Å². The zero-order valence-corrected chi connectivity index (χ0v) is 13.6. The number of nitrogens with one attached hydrogen (secondary N) is 1. The highest BCUT2D eigenvalue weighted by molar-refractivity contribution is 7.15. The predicted molar refractivity (Wildman–Crippen MR) is 85.8 cm³/mol. The second kappa shape index (κ2) is 6.30. The van der Waals surface area contributed by atoms with Gasteiger partial charge in [0.25, 0.3) is 0 Å². The molecule has 1 aliphatic rings. The fraction of sp³-hybridized carbons (Fsp3) is 0.500. The molecule has 1 atom stereocenters. The molecule has 118 valence electrons. The van der Waals surface area contributed by atoms with Gasteiger partial charge in [-0.25, -0.2) is 4.39 Å². The van der Waals surface area contributed by atoms with Crippen molar-refractivity contribution in [3.8, 4) is 0 Å². The van der Waals surface area contributed by atoms with Gasteiger partial charge in [-0.1, -0.05) is 29.5 Å². The Morgan fingerprint density at radius 3 is 2.95 bits per heavy atom. The second-order valence-electron chi connectivity index (χ2n) is 6.21. The van der Waals surface area contributed by atoms with E-state index in [2.05, 4.69) is 29.4 Å². The molecule has 22 heavy (non-hydrogen) atoms. The van der Waals surface area contributed by atoms with Gasteiger partial charge in [-0.05, 0) is 38.3 Å². The lowest BCUT2D eigenvalue weighted by molar-refractivity contribution is -0.0553. The molecule has 1 aromatic carbocycles. The van der Waals surface area contributed by atoms with Gasteiger partial charge in [0, 0.05) is 19.1 Å². The third kappa shape index (κ3) is 3.81. The Morgan fingerprint density at radius 1 is 1.36 bits per heavy atom. The summed E-state index contributed by atoms with van der Waals surface area (Å²) in [6.07, 6.45) is 2.38. The van der Waals surface area contributed by atoms with Crippen molar-refractivity contribution in [2.24, 2.45) is 0 Å². The Kier molecular flexibility index (Phi) is 4.40. The molecule has 0 saturated carbocycles. The molecule has 1 aliphatic heterocycles. The fourth-order valence-corrected chi connectivity index (χ4v) is 3.56. The molecule has 0 bridgehead atoms. The van der Waals surface area contributed by atoms with E-state index in [1.54, 1.807) is 12.1 Å². The van der Waals surface area contributed by atoms with Crippen molar-refractivity contribution >= 4 is 16.5 Å². The second-order valence-corrected chi connectivity index (χ2v) is 7.27. The van der Waals surface area contributed by atoms with E-state index in [1.165, 1.54) is 17.4 Å². The number of ether oxygens (including phenoxy) is 1. The van der Waals surface area contributed by atoms with Crippen LogP contribution in [0.15, 0.2) is 24.3 Å². The largest absolute Gasteiger partial charge is 0.375 e. The van der Waals surface area contributed by atoms with Crippen LogP contribution in [-0.4, -0.2) is 28.4 Å². The third-order valence-corrected chi connectivity index (χ3v) is 4.65. The highest BCUT2D eigenvalue weighted by Crippen LogP contribution is 2.28. The minimum Gasteiger partial charge on any atom is -0.375 e. The van der Waals surface area contributed by atoms with E-state index in [0.717, 1.165) is 29.6 Å². The van der Waals surface area contributed by atoms with Crippen LogP contribution in [0.25, 0.3) is 0 Å². The highest BCUT2D eigenvalue weighted by atomic mass is 32.1. The lowest BCUT2D eigenvalue weighted by Gasteiger charge is -2.35. The van der Waals surface area contributed by atoms with Crippen LogP contribution in [0.1, 0.15) is 37.3 Å². The molecule has 1 aromatic heterocycles. The molecule has 4 nitrogen and oxygen atoms in total. The molecule has 6 heteroatoms. The van der Waals surface area contributed by atoms with Gasteiger partial charge >= 0.3 is 0 Å². The predicted octanol–water partition coefficient (Wildman–Crippen LogP) is 3.64. The highest BCUT2D eigenvalue weighted by Gasteiger charge is 2.29. The lowest BCUT2D eigenvalue weighted by Crippen LogP contribution is -2.40. The van der Waals surface area contributed by atoms with Gasteiger partial charge in [-0.15, -0.1) is 10.2 Å². The quantitative estimate of drug-likeness (QED) is 0.934. The summed E-state index contributed by atoms with van der Waals surface area (Å²) < 4.78 is 19.4. The number of hydrogen-bond donors (Lipinski definition) is 1. The summed E-state index contributed by atoms with van der Waals surface area (Å²) in [6, 6.07) is 7.13. The van der Waals surface area contributed by atoms with Crippen molar-refractivity contribution in [3.05, 3.63) is 40.7 Å². The van der Waals surface area contributed by atoms with Gasteiger partial charge in [-0.3, -0.25) is 0 Å². The molecule has 0 spiro atoms. The van der Waals surface area contributed by atoms with E-state index in [0.29, 0.717) is 18.0 Å². The minimum absolute atomic E-state index is 0.101. The third-order valence-electron chi connectivity index (χ3n) is 3.79. The van der Waals surface area contributed by atoms with E-state index in [4.69, 9.17) is 4.74 Å². The minimum atomic E-state index is -0.196. The Balaban J connectivity index is 1.63. The number of anilines is 1. The summed E-state index contributed by atoms with van der Waals surface area (Å²) in [6.45, 7) is 4.96. The van der Waals surface area contributed by atoms with Crippen molar-refractivity contribution in [1.29, 1.82) is 0 Å². The molecule has 0 radical (unpaired) electrons. The number of nitrogens with zero attached hydrogens (tertiary/aromatic N) is 2. The van der Waals surface area contributed by atoms with Gasteiger partial charge in [0.2, 0.25) is 5.13 Å². The number of benzene rings is 1. The summed E-state index contributed by atoms with van der Waals surface area (Å²) in [7, 11) is 0. The van der Waals surface area contributed by atoms with Crippen molar-refractivity contribution < 1.29 is 9.13 Å². The molecule has 1 N–H and O–H groups in total. The standard InChI is InChI=1S/C16H20FN3OS/c1-16(2)10-12(7-8-21-16)18-15-20-19-14(22-15)9-11-5-3-4-6-13(11)17/h3-6,12H,7-10H2,1-2H3,(H,18,20). The summed E-state index contributed by atoms with van der Waals surface area (Å²) >= 11 is 1.49. The van der Waals surface area contributed by atoms with Crippen LogP contribution in [0.3, 0.4) is 0 Å². The SMILES string of the molecule is CC1(C)CC(Nc2nnc(Cc3ccccc3F)s2)CCO1. The van der Waals surface area contributed by atoms with E-state index in [1.807, 2.05) is 6.07 Å². The number of aromatic nitrogens is 2. The Bertz CT molecular complexity index is 644. The van der Waals surface area contributed by atoms with Crippen LogP contribution >= 0.6 is 11.3 Å². The maximum atomic E-state index is 13.7. The van der Waals surface area contributed by atoms with Crippen LogP contribution in [0, 0.1) is 5.82 Å². The first-order valence-corrected chi connectivity index (χ1v) is 8.30. The van der Waals surface area contributed by atoms with E-state index < -0.39 is 0 Å². The lowest BCUT2D eigenvalue weighted by atomic mass is 9.94. The normalized spacial score (nSPS) is 20.8. The van der Waals surface area contributed by atoms with Crippen molar-refractivity contribution in [2.45, 2.75) is 44.8 Å². The molecule has 2 aromatic rings. The van der Waals surface area contributed by atoms with Crippen molar-refractivity contribution in [2.75, 3.05) is 11.9 Å². The van der Waals surface area contributed by atoms with Crippen LogP contribution in [0.5, 0.6) is 0 Å². The smallest absolute Gasteiger partial charge is 0.205 e. The first kappa shape index (κ1) is 15.4. The van der Waals surface area contributed by atoms with Crippen LogP contribution < -0.4 is 5.32 Å². The average Bonchev–Trinajstić information content (AvgIpc) is 2.87. The molecule has 1 unspecified atom stereocenters. The molecule has 2 heterocycles. The molecular weight excluding hydrogens is 301 g/mol. The monoisotopic (exact) mass is 321 g/mol. The van der Waals surface area contributed by atoms with Crippen molar-refractivity contribution in [3.63, 3.8) is 0 Å². The van der Waals surface area contributed by atoms with E-state index >= 15 is 0 Å². The van der Waals surface area contributed by atoms with Gasteiger partial charge in [0.05, 0.1) is 5.60 Å².